The second-order valence-electron chi connectivity index (χ2n) is 5.80. The minimum atomic E-state index is -4.59. The first-order valence-corrected chi connectivity index (χ1v) is 9.41. The molecule has 0 atom stereocenters. The van der Waals surface area contributed by atoms with Crippen molar-refractivity contribution >= 4 is 21.6 Å². The van der Waals surface area contributed by atoms with Crippen LogP contribution in [0, 0.1) is 0 Å². The van der Waals surface area contributed by atoms with Gasteiger partial charge in [0.2, 0.25) is 5.91 Å². The highest BCUT2D eigenvalue weighted by atomic mass is 32.2. The maximum Gasteiger partial charge on any atom is 0.416 e. The van der Waals surface area contributed by atoms with E-state index in [-0.39, 0.29) is 35.3 Å². The summed E-state index contributed by atoms with van der Waals surface area (Å²) in [6.45, 7) is -0.408. The standard InChI is InChI=1S/C17H15F3N2O5S/c18-17(19,20)11-4-6-12(7-5-11)22(10-15(21)23)28(24,25)14-3-1-2-13-16(14)27-9-8-26-13/h1-7H,8-10H2,(H2,21,23). The number of fused-ring (bicyclic) bond motifs is 1. The van der Waals surface area contributed by atoms with Crippen LogP contribution in [-0.2, 0) is 21.0 Å². The Morgan fingerprint density at radius 2 is 1.71 bits per heavy atom. The molecule has 7 nitrogen and oxygen atoms in total. The molecule has 0 aliphatic carbocycles. The Bertz CT molecular complexity index is 991. The molecule has 0 fully saturated rings. The number of amides is 1. The molecular formula is C17H15F3N2O5S. The van der Waals surface area contributed by atoms with Crippen LogP contribution in [-0.4, -0.2) is 34.1 Å². The molecule has 1 heterocycles. The molecule has 2 N–H and O–H groups in total. The Kier molecular flexibility index (Phi) is 5.11. The smallest absolute Gasteiger partial charge is 0.416 e. The van der Waals surface area contributed by atoms with Crippen molar-refractivity contribution in [3.63, 3.8) is 0 Å². The van der Waals surface area contributed by atoms with E-state index in [1.807, 2.05) is 0 Å². The van der Waals surface area contributed by atoms with E-state index >= 15 is 0 Å². The number of hydrogen-bond donors (Lipinski definition) is 1. The molecule has 2 aromatic carbocycles. The third kappa shape index (κ3) is 3.84. The first kappa shape index (κ1) is 19.8. The summed E-state index contributed by atoms with van der Waals surface area (Å²) in [4.78, 5) is 11.2. The van der Waals surface area contributed by atoms with Crippen molar-refractivity contribution < 1.29 is 35.9 Å². The van der Waals surface area contributed by atoms with E-state index in [9.17, 15) is 26.4 Å². The fourth-order valence-corrected chi connectivity index (χ4v) is 4.22. The van der Waals surface area contributed by atoms with E-state index in [0.29, 0.717) is 4.31 Å². The van der Waals surface area contributed by atoms with E-state index in [4.69, 9.17) is 15.2 Å². The van der Waals surface area contributed by atoms with Gasteiger partial charge in [-0.25, -0.2) is 8.42 Å². The fraction of sp³-hybridized carbons (Fsp3) is 0.235. The quantitative estimate of drug-likeness (QED) is 0.805. The van der Waals surface area contributed by atoms with E-state index in [1.165, 1.54) is 18.2 Å². The highest BCUT2D eigenvalue weighted by molar-refractivity contribution is 7.93. The third-order valence-corrected chi connectivity index (χ3v) is 5.68. The van der Waals surface area contributed by atoms with Crippen LogP contribution in [0.3, 0.4) is 0 Å². The zero-order valence-corrected chi connectivity index (χ0v) is 15.1. The molecule has 0 bridgehead atoms. The van der Waals surface area contributed by atoms with Crippen LogP contribution < -0.4 is 19.5 Å². The Hall–Kier alpha value is -2.95. The van der Waals surface area contributed by atoms with Crippen LogP contribution >= 0.6 is 0 Å². The van der Waals surface area contributed by atoms with Gasteiger partial charge < -0.3 is 15.2 Å². The van der Waals surface area contributed by atoms with Crippen LogP contribution in [0.25, 0.3) is 0 Å². The van der Waals surface area contributed by atoms with Crippen LogP contribution in [0.2, 0.25) is 0 Å². The zero-order chi connectivity index (χ0) is 20.5. The molecule has 1 amide bonds. The average Bonchev–Trinajstić information content (AvgIpc) is 2.65. The monoisotopic (exact) mass is 416 g/mol. The van der Waals surface area contributed by atoms with Gasteiger partial charge in [-0.15, -0.1) is 0 Å². The first-order chi connectivity index (χ1) is 13.1. The SMILES string of the molecule is NC(=O)CN(c1ccc(C(F)(F)F)cc1)S(=O)(=O)c1cccc2c1OCCO2. The van der Waals surface area contributed by atoms with Crippen molar-refractivity contribution in [2.24, 2.45) is 5.73 Å². The zero-order valence-electron chi connectivity index (χ0n) is 14.3. The van der Waals surface area contributed by atoms with Gasteiger partial charge in [-0.05, 0) is 36.4 Å². The number of para-hydroxylation sites is 1. The summed E-state index contributed by atoms with van der Waals surface area (Å²) in [6.07, 6.45) is -4.59. The van der Waals surface area contributed by atoms with Crippen molar-refractivity contribution in [3.05, 3.63) is 48.0 Å². The Balaban J connectivity index is 2.08. The molecule has 28 heavy (non-hydrogen) atoms. The van der Waals surface area contributed by atoms with E-state index < -0.39 is 34.2 Å². The molecule has 0 saturated heterocycles. The molecule has 11 heteroatoms. The van der Waals surface area contributed by atoms with E-state index in [2.05, 4.69) is 0 Å². The molecule has 0 radical (unpaired) electrons. The van der Waals surface area contributed by atoms with Gasteiger partial charge in [-0.2, -0.15) is 13.2 Å². The number of alkyl halides is 3. The predicted octanol–water partition coefficient (Wildman–Crippen LogP) is 2.16. The van der Waals surface area contributed by atoms with Crippen LogP contribution in [0.5, 0.6) is 11.5 Å². The largest absolute Gasteiger partial charge is 0.486 e. The lowest BCUT2D eigenvalue weighted by atomic mass is 10.2. The van der Waals surface area contributed by atoms with Crippen molar-refractivity contribution in [2.75, 3.05) is 24.1 Å². The van der Waals surface area contributed by atoms with Crippen molar-refractivity contribution in [2.45, 2.75) is 11.1 Å². The molecule has 150 valence electrons. The van der Waals surface area contributed by atoms with Gasteiger partial charge in [-0.3, -0.25) is 9.10 Å². The number of carbonyl (C=O) groups excluding carboxylic acids is 1. The maximum absolute atomic E-state index is 13.2. The lowest BCUT2D eigenvalue weighted by molar-refractivity contribution is -0.137. The van der Waals surface area contributed by atoms with Gasteiger partial charge in [0.1, 0.15) is 24.7 Å². The first-order valence-electron chi connectivity index (χ1n) is 7.97. The number of primary amides is 1. The Morgan fingerprint density at radius 3 is 2.32 bits per heavy atom. The van der Waals surface area contributed by atoms with Gasteiger partial charge in [0.25, 0.3) is 10.0 Å². The molecule has 1 aliphatic heterocycles. The topological polar surface area (TPSA) is 98.9 Å². The van der Waals surface area contributed by atoms with Gasteiger partial charge in [0, 0.05) is 0 Å². The predicted molar refractivity (Wildman–Crippen MR) is 92.6 cm³/mol. The summed E-state index contributed by atoms with van der Waals surface area (Å²) >= 11 is 0. The second kappa shape index (κ2) is 7.23. The minimum Gasteiger partial charge on any atom is -0.486 e. The molecule has 1 aliphatic rings. The fourth-order valence-electron chi connectivity index (χ4n) is 2.64. The number of sulfonamides is 1. The number of halogens is 3. The second-order valence-corrected chi connectivity index (χ2v) is 7.63. The number of ether oxygens (including phenoxy) is 2. The summed E-state index contributed by atoms with van der Waals surface area (Å²) in [5.74, 6) is -0.806. The number of anilines is 1. The normalized spacial score (nSPS) is 13.8. The third-order valence-electron chi connectivity index (χ3n) is 3.88. The summed E-state index contributed by atoms with van der Waals surface area (Å²) in [6, 6.07) is 7.55. The van der Waals surface area contributed by atoms with Crippen LogP contribution in [0.1, 0.15) is 5.56 Å². The van der Waals surface area contributed by atoms with Crippen LogP contribution in [0.4, 0.5) is 18.9 Å². The van der Waals surface area contributed by atoms with Gasteiger partial charge >= 0.3 is 6.18 Å². The molecule has 0 unspecified atom stereocenters. The average molecular weight is 416 g/mol. The lowest BCUT2D eigenvalue weighted by Gasteiger charge is -2.26. The number of benzene rings is 2. The molecule has 0 saturated carbocycles. The summed E-state index contributed by atoms with van der Waals surface area (Å²) in [5, 5.41) is 0. The van der Waals surface area contributed by atoms with E-state index in [0.717, 1.165) is 24.3 Å². The highest BCUT2D eigenvalue weighted by Gasteiger charge is 2.34. The maximum atomic E-state index is 13.2. The van der Waals surface area contributed by atoms with Crippen LogP contribution in [0.15, 0.2) is 47.4 Å². The van der Waals surface area contributed by atoms with Crippen molar-refractivity contribution in [1.82, 2.24) is 0 Å². The number of carbonyl (C=O) groups is 1. The van der Waals surface area contributed by atoms with Gasteiger partial charge in [0.05, 0.1) is 11.3 Å². The molecule has 0 aromatic heterocycles. The highest BCUT2D eigenvalue weighted by Crippen LogP contribution is 2.39. The molecule has 0 spiro atoms. The molecule has 2 aromatic rings. The van der Waals surface area contributed by atoms with Gasteiger partial charge in [-0.1, -0.05) is 6.07 Å². The molecule has 3 rings (SSSR count). The summed E-state index contributed by atoms with van der Waals surface area (Å²) in [5.41, 5.74) is 4.05. The number of nitrogens with two attached hydrogens (primary N) is 1. The van der Waals surface area contributed by atoms with E-state index in [1.54, 1.807) is 0 Å². The van der Waals surface area contributed by atoms with Crippen molar-refractivity contribution in [3.8, 4) is 11.5 Å². The Morgan fingerprint density at radius 1 is 1.07 bits per heavy atom. The van der Waals surface area contributed by atoms with Gasteiger partial charge in [0.15, 0.2) is 11.5 Å². The minimum absolute atomic E-state index is 0.0323. The summed E-state index contributed by atoms with van der Waals surface area (Å²) in [7, 11) is -4.39. The number of hydrogen-bond acceptors (Lipinski definition) is 5. The lowest BCUT2D eigenvalue weighted by Crippen LogP contribution is -2.39. The number of nitrogens with zero attached hydrogens (tertiary/aromatic N) is 1. The molecular weight excluding hydrogens is 401 g/mol. The summed E-state index contributed by atoms with van der Waals surface area (Å²) < 4.78 is 76.1. The Labute approximate surface area is 158 Å². The van der Waals surface area contributed by atoms with Crippen molar-refractivity contribution in [1.29, 1.82) is 0 Å². The number of rotatable bonds is 5.